The Balaban J connectivity index is 2.22. The fourth-order valence-electron chi connectivity index (χ4n) is 2.84. The van der Waals surface area contributed by atoms with Crippen LogP contribution in [0.4, 0.5) is 0 Å². The van der Waals surface area contributed by atoms with Gasteiger partial charge in [-0.1, -0.05) is 38.1 Å². The van der Waals surface area contributed by atoms with Gasteiger partial charge in [0, 0.05) is 13.0 Å². The monoisotopic (exact) mass is 339 g/mol. The van der Waals surface area contributed by atoms with Crippen molar-refractivity contribution in [3.05, 3.63) is 35.4 Å². The number of benzene rings is 1. The van der Waals surface area contributed by atoms with Crippen molar-refractivity contribution in [3.63, 3.8) is 0 Å². The fraction of sp³-hybridized carbons (Fsp3) is 0.500. The largest absolute Gasteiger partial charge is 0.480 e. The van der Waals surface area contributed by atoms with E-state index in [-0.39, 0.29) is 24.6 Å². The molecule has 1 N–H and O–H groups in total. The Morgan fingerprint density at radius 3 is 2.43 bits per heavy atom. The predicted octanol–water partition coefficient (Wildman–Crippen LogP) is 1.10. The summed E-state index contributed by atoms with van der Waals surface area (Å²) < 4.78 is 24.0. The van der Waals surface area contributed by atoms with Crippen LogP contribution in [0.1, 0.15) is 25.0 Å². The first-order valence-corrected chi connectivity index (χ1v) is 9.31. The summed E-state index contributed by atoms with van der Waals surface area (Å²) in [6.45, 7) is 3.65. The topological polar surface area (TPSA) is 91.8 Å². The van der Waals surface area contributed by atoms with Crippen molar-refractivity contribution in [2.24, 2.45) is 5.92 Å². The molecule has 0 aromatic heterocycles. The lowest BCUT2D eigenvalue weighted by Crippen LogP contribution is -2.50. The van der Waals surface area contributed by atoms with Crippen LogP contribution in [0.25, 0.3) is 0 Å². The van der Waals surface area contributed by atoms with Crippen LogP contribution in [-0.2, 0) is 32.4 Å². The molecular weight excluding hydrogens is 318 g/mol. The van der Waals surface area contributed by atoms with Crippen molar-refractivity contribution in [2.45, 2.75) is 32.9 Å². The second-order valence-electron chi connectivity index (χ2n) is 6.30. The Labute approximate surface area is 136 Å². The first-order valence-electron chi connectivity index (χ1n) is 7.49. The molecule has 1 unspecified atom stereocenters. The normalized spacial score (nSPS) is 17.9. The van der Waals surface area contributed by atoms with E-state index < -0.39 is 33.5 Å². The standard InChI is InChI=1S/C16H21NO5S/c1-11(2)9-23(21,22)10-15(18)17-8-13-6-4-3-5-12(13)7-14(17)16(19)20/h3-6,11,14H,7-10H2,1-2H3,(H,19,20). The van der Waals surface area contributed by atoms with E-state index in [0.29, 0.717) is 0 Å². The van der Waals surface area contributed by atoms with Crippen LogP contribution in [-0.4, -0.2) is 47.8 Å². The van der Waals surface area contributed by atoms with Gasteiger partial charge in [-0.15, -0.1) is 0 Å². The molecule has 2 rings (SSSR count). The van der Waals surface area contributed by atoms with Gasteiger partial charge >= 0.3 is 5.97 Å². The molecule has 126 valence electrons. The number of carbonyl (C=O) groups excluding carboxylic acids is 1. The summed E-state index contributed by atoms with van der Waals surface area (Å²) >= 11 is 0. The molecule has 1 atom stereocenters. The Bertz CT molecular complexity index is 711. The highest BCUT2D eigenvalue weighted by atomic mass is 32.2. The first-order chi connectivity index (χ1) is 10.7. The number of amides is 1. The highest BCUT2D eigenvalue weighted by Gasteiger charge is 2.36. The molecule has 1 heterocycles. The molecule has 0 radical (unpaired) electrons. The third-order valence-corrected chi connectivity index (χ3v) is 5.65. The number of carboxylic acid groups (broad SMARTS) is 1. The van der Waals surface area contributed by atoms with Gasteiger partial charge in [0.2, 0.25) is 5.91 Å². The number of aliphatic carboxylic acids is 1. The van der Waals surface area contributed by atoms with Crippen LogP contribution in [0.15, 0.2) is 24.3 Å². The molecule has 1 aliphatic heterocycles. The average molecular weight is 339 g/mol. The fourth-order valence-corrected chi connectivity index (χ4v) is 4.52. The predicted molar refractivity (Wildman–Crippen MR) is 85.6 cm³/mol. The zero-order valence-electron chi connectivity index (χ0n) is 13.2. The lowest BCUT2D eigenvalue weighted by Gasteiger charge is -2.34. The summed E-state index contributed by atoms with van der Waals surface area (Å²) in [4.78, 5) is 25.1. The molecule has 0 aliphatic carbocycles. The Kier molecular flexibility index (Phi) is 5.09. The highest BCUT2D eigenvalue weighted by Crippen LogP contribution is 2.24. The Morgan fingerprint density at radius 2 is 1.87 bits per heavy atom. The lowest BCUT2D eigenvalue weighted by molar-refractivity contribution is -0.150. The van der Waals surface area contributed by atoms with E-state index >= 15 is 0 Å². The van der Waals surface area contributed by atoms with E-state index in [0.717, 1.165) is 11.1 Å². The van der Waals surface area contributed by atoms with E-state index in [1.165, 1.54) is 4.90 Å². The summed E-state index contributed by atoms with van der Waals surface area (Å²) in [6, 6.07) is 6.28. The minimum absolute atomic E-state index is 0.0786. The molecule has 0 saturated heterocycles. The van der Waals surface area contributed by atoms with Gasteiger partial charge in [-0.05, 0) is 17.0 Å². The molecule has 23 heavy (non-hydrogen) atoms. The third kappa shape index (κ3) is 4.31. The number of hydrogen-bond donors (Lipinski definition) is 1. The third-order valence-electron chi connectivity index (χ3n) is 3.78. The van der Waals surface area contributed by atoms with E-state index in [4.69, 9.17) is 0 Å². The Hall–Kier alpha value is -1.89. The molecule has 0 saturated carbocycles. The molecule has 1 aliphatic rings. The van der Waals surface area contributed by atoms with Gasteiger partial charge in [0.05, 0.1) is 5.75 Å². The molecule has 1 amide bonds. The van der Waals surface area contributed by atoms with Crippen LogP contribution in [0.2, 0.25) is 0 Å². The number of rotatable bonds is 5. The number of fused-ring (bicyclic) bond motifs is 1. The summed E-state index contributed by atoms with van der Waals surface area (Å²) in [6.07, 6.45) is 0.196. The van der Waals surface area contributed by atoms with Gasteiger partial charge in [-0.3, -0.25) is 4.79 Å². The molecule has 0 bridgehead atoms. The minimum atomic E-state index is -3.54. The zero-order chi connectivity index (χ0) is 17.2. The molecule has 7 heteroatoms. The van der Waals surface area contributed by atoms with Crippen LogP contribution < -0.4 is 0 Å². The van der Waals surface area contributed by atoms with E-state index in [1.54, 1.807) is 13.8 Å². The molecule has 1 aromatic carbocycles. The smallest absolute Gasteiger partial charge is 0.326 e. The SMILES string of the molecule is CC(C)CS(=O)(=O)CC(=O)N1Cc2ccccc2CC1C(=O)O. The van der Waals surface area contributed by atoms with Crippen LogP contribution in [0, 0.1) is 5.92 Å². The van der Waals surface area contributed by atoms with Crippen molar-refractivity contribution in [1.82, 2.24) is 4.90 Å². The maximum Gasteiger partial charge on any atom is 0.326 e. The number of carbonyl (C=O) groups is 2. The minimum Gasteiger partial charge on any atom is -0.480 e. The van der Waals surface area contributed by atoms with Gasteiger partial charge in [0.1, 0.15) is 11.8 Å². The highest BCUT2D eigenvalue weighted by molar-refractivity contribution is 7.92. The zero-order valence-corrected chi connectivity index (χ0v) is 14.0. The second kappa shape index (κ2) is 6.70. The van der Waals surface area contributed by atoms with E-state index in [1.807, 2.05) is 24.3 Å². The number of hydrogen-bond acceptors (Lipinski definition) is 4. The number of nitrogens with zero attached hydrogens (tertiary/aromatic N) is 1. The van der Waals surface area contributed by atoms with E-state index in [2.05, 4.69) is 0 Å². The van der Waals surface area contributed by atoms with Gasteiger partial charge in [0.25, 0.3) is 0 Å². The summed E-state index contributed by atoms with van der Waals surface area (Å²) in [5.74, 6) is -2.57. The van der Waals surface area contributed by atoms with Crippen molar-refractivity contribution >= 4 is 21.7 Å². The molecular formula is C16H21NO5S. The van der Waals surface area contributed by atoms with Gasteiger partial charge < -0.3 is 10.0 Å². The van der Waals surface area contributed by atoms with Crippen LogP contribution >= 0.6 is 0 Å². The second-order valence-corrected chi connectivity index (χ2v) is 8.41. The first kappa shape index (κ1) is 17.5. The quantitative estimate of drug-likeness (QED) is 0.867. The molecule has 0 spiro atoms. The molecule has 1 aromatic rings. The summed E-state index contributed by atoms with van der Waals surface area (Å²) in [5, 5.41) is 9.38. The average Bonchev–Trinajstić information content (AvgIpc) is 2.43. The van der Waals surface area contributed by atoms with Gasteiger partial charge in [0.15, 0.2) is 9.84 Å². The number of carboxylic acids is 1. The maximum atomic E-state index is 12.4. The van der Waals surface area contributed by atoms with E-state index in [9.17, 15) is 23.1 Å². The van der Waals surface area contributed by atoms with Crippen molar-refractivity contribution in [2.75, 3.05) is 11.5 Å². The van der Waals surface area contributed by atoms with Crippen molar-refractivity contribution in [3.8, 4) is 0 Å². The van der Waals surface area contributed by atoms with Gasteiger partial charge in [-0.2, -0.15) is 0 Å². The maximum absolute atomic E-state index is 12.4. The van der Waals surface area contributed by atoms with Crippen molar-refractivity contribution < 1.29 is 23.1 Å². The summed E-state index contributed by atoms with van der Waals surface area (Å²) in [5.41, 5.74) is 1.74. The lowest BCUT2D eigenvalue weighted by atomic mass is 9.94. The van der Waals surface area contributed by atoms with Gasteiger partial charge in [-0.25, -0.2) is 13.2 Å². The van der Waals surface area contributed by atoms with Crippen molar-refractivity contribution in [1.29, 1.82) is 0 Å². The molecule has 6 nitrogen and oxygen atoms in total. The van der Waals surface area contributed by atoms with Crippen LogP contribution in [0.5, 0.6) is 0 Å². The number of sulfone groups is 1. The molecule has 0 fully saturated rings. The summed E-state index contributed by atoms with van der Waals surface area (Å²) in [7, 11) is -3.54. The van der Waals surface area contributed by atoms with Crippen LogP contribution in [0.3, 0.4) is 0 Å². The Morgan fingerprint density at radius 1 is 1.26 bits per heavy atom.